The summed E-state index contributed by atoms with van der Waals surface area (Å²) in [6.45, 7) is 8.26. The first-order chi connectivity index (χ1) is 11.5. The molecule has 0 aliphatic carbocycles. The van der Waals surface area contributed by atoms with Crippen LogP contribution in [0.5, 0.6) is 0 Å². The summed E-state index contributed by atoms with van der Waals surface area (Å²) in [7, 11) is 0. The Morgan fingerprint density at radius 1 is 1.00 bits per heavy atom. The first-order valence-electron chi connectivity index (χ1n) is 8.39. The molecule has 3 aromatic rings. The summed E-state index contributed by atoms with van der Waals surface area (Å²) in [5, 5.41) is 5.50. The minimum absolute atomic E-state index is 0. The van der Waals surface area contributed by atoms with E-state index in [1.807, 2.05) is 20.8 Å². The predicted octanol–water partition coefficient (Wildman–Crippen LogP) is 4.14. The van der Waals surface area contributed by atoms with Crippen molar-refractivity contribution in [3.8, 4) is 0 Å². The molecule has 0 radical (unpaired) electrons. The molecular formula is C19H26Cl2N2O3. The average Bonchev–Trinajstić information content (AvgIpc) is 2.85. The maximum atomic E-state index is 11.7. The summed E-state index contributed by atoms with van der Waals surface area (Å²) in [6.07, 6.45) is 2.09. The molecule has 0 bridgehead atoms. The number of fused-ring (bicyclic) bond motifs is 2. The van der Waals surface area contributed by atoms with Crippen LogP contribution in [0.3, 0.4) is 0 Å². The molecule has 0 aliphatic rings. The highest BCUT2D eigenvalue weighted by molar-refractivity contribution is 5.99. The zero-order chi connectivity index (χ0) is 17.3. The SMILES string of the molecule is Cc1oc2c(C)c3oc(=O)cc(C)c3cc2c1CNCCCCN.Cl.Cl. The summed E-state index contributed by atoms with van der Waals surface area (Å²) in [5.41, 5.74) is 9.57. The van der Waals surface area contributed by atoms with Crippen LogP contribution in [0.2, 0.25) is 0 Å². The Labute approximate surface area is 165 Å². The van der Waals surface area contributed by atoms with Gasteiger partial charge in [0.2, 0.25) is 0 Å². The van der Waals surface area contributed by atoms with E-state index in [-0.39, 0.29) is 30.4 Å². The highest BCUT2D eigenvalue weighted by Crippen LogP contribution is 2.34. The van der Waals surface area contributed by atoms with Crippen molar-refractivity contribution in [3.63, 3.8) is 0 Å². The molecule has 0 saturated heterocycles. The Morgan fingerprint density at radius 2 is 1.69 bits per heavy atom. The topological polar surface area (TPSA) is 81.4 Å². The van der Waals surface area contributed by atoms with E-state index in [0.29, 0.717) is 5.58 Å². The van der Waals surface area contributed by atoms with Crippen molar-refractivity contribution in [2.24, 2.45) is 5.73 Å². The fourth-order valence-electron chi connectivity index (χ4n) is 3.18. The zero-order valence-corrected chi connectivity index (χ0v) is 16.9. The van der Waals surface area contributed by atoms with Gasteiger partial charge in [-0.15, -0.1) is 24.8 Å². The van der Waals surface area contributed by atoms with Crippen molar-refractivity contribution < 1.29 is 8.83 Å². The van der Waals surface area contributed by atoms with Gasteiger partial charge < -0.3 is 19.9 Å². The second-order valence-corrected chi connectivity index (χ2v) is 6.31. The van der Waals surface area contributed by atoms with Crippen LogP contribution in [0.4, 0.5) is 0 Å². The summed E-state index contributed by atoms with van der Waals surface area (Å²) in [5.74, 6) is 0.898. The number of nitrogens with one attached hydrogen (secondary N) is 1. The standard InChI is InChI=1S/C19H24N2O3.2ClH/c1-11-8-17(22)24-18-12(2)19-15(9-14(11)18)16(13(3)23-19)10-21-7-5-4-6-20;;/h8-9,21H,4-7,10,20H2,1-3H3;2*1H. The third kappa shape index (κ3) is 4.23. The van der Waals surface area contributed by atoms with E-state index in [0.717, 1.165) is 71.3 Å². The molecule has 0 spiro atoms. The van der Waals surface area contributed by atoms with Gasteiger partial charge in [0.25, 0.3) is 0 Å². The van der Waals surface area contributed by atoms with E-state index in [2.05, 4.69) is 11.4 Å². The van der Waals surface area contributed by atoms with Crippen molar-refractivity contribution in [2.75, 3.05) is 13.1 Å². The van der Waals surface area contributed by atoms with Crippen molar-refractivity contribution in [2.45, 2.75) is 40.2 Å². The fourth-order valence-corrected chi connectivity index (χ4v) is 3.18. The van der Waals surface area contributed by atoms with E-state index in [1.165, 1.54) is 6.07 Å². The summed E-state index contributed by atoms with van der Waals surface area (Å²) in [4.78, 5) is 11.7. The van der Waals surface area contributed by atoms with Gasteiger partial charge in [-0.25, -0.2) is 4.79 Å². The van der Waals surface area contributed by atoms with Crippen LogP contribution in [0.1, 0.15) is 35.3 Å². The quantitative estimate of drug-likeness (QED) is 0.479. The number of rotatable bonds is 6. The molecule has 0 atom stereocenters. The van der Waals surface area contributed by atoms with E-state index in [9.17, 15) is 4.79 Å². The van der Waals surface area contributed by atoms with Crippen molar-refractivity contribution in [3.05, 3.63) is 45.0 Å². The molecule has 0 amide bonds. The first-order valence-corrected chi connectivity index (χ1v) is 8.39. The minimum Gasteiger partial charge on any atom is -0.461 e. The summed E-state index contributed by atoms with van der Waals surface area (Å²) in [6, 6.07) is 3.61. The van der Waals surface area contributed by atoms with Gasteiger partial charge in [0.05, 0.1) is 0 Å². The molecular weight excluding hydrogens is 375 g/mol. The molecule has 1 aromatic carbocycles. The van der Waals surface area contributed by atoms with Gasteiger partial charge in [-0.2, -0.15) is 0 Å². The first kappa shape index (κ1) is 22.5. The monoisotopic (exact) mass is 400 g/mol. The molecule has 2 heterocycles. The lowest BCUT2D eigenvalue weighted by molar-refractivity contribution is 0.548. The normalized spacial score (nSPS) is 10.8. The van der Waals surface area contributed by atoms with Gasteiger partial charge in [-0.3, -0.25) is 0 Å². The maximum Gasteiger partial charge on any atom is 0.336 e. The second kappa shape index (κ2) is 9.42. The van der Waals surface area contributed by atoms with Gasteiger partial charge in [-0.05, 0) is 58.3 Å². The molecule has 0 fully saturated rings. The Bertz CT molecular complexity index is 947. The van der Waals surface area contributed by atoms with Crippen LogP contribution in [0, 0.1) is 20.8 Å². The van der Waals surface area contributed by atoms with E-state index >= 15 is 0 Å². The number of aryl methyl sites for hydroxylation is 3. The lowest BCUT2D eigenvalue weighted by Gasteiger charge is -2.06. The smallest absolute Gasteiger partial charge is 0.336 e. The summed E-state index contributed by atoms with van der Waals surface area (Å²) >= 11 is 0. The molecule has 0 aliphatic heterocycles. The molecule has 2 aromatic heterocycles. The second-order valence-electron chi connectivity index (χ2n) is 6.31. The number of hydrogen-bond donors (Lipinski definition) is 2. The molecule has 26 heavy (non-hydrogen) atoms. The Balaban J connectivity index is 0.00000169. The van der Waals surface area contributed by atoms with Crippen molar-refractivity contribution >= 4 is 46.8 Å². The van der Waals surface area contributed by atoms with Crippen molar-refractivity contribution in [1.82, 2.24) is 5.32 Å². The Kier molecular flexibility index (Phi) is 8.15. The number of nitrogens with two attached hydrogens (primary N) is 1. The summed E-state index contributed by atoms with van der Waals surface area (Å²) < 4.78 is 11.4. The van der Waals surface area contributed by atoms with E-state index in [1.54, 1.807) is 0 Å². The minimum atomic E-state index is -0.326. The molecule has 3 N–H and O–H groups in total. The van der Waals surface area contributed by atoms with Crippen LogP contribution in [-0.4, -0.2) is 13.1 Å². The van der Waals surface area contributed by atoms with Gasteiger partial charge >= 0.3 is 5.63 Å². The predicted molar refractivity (Wildman–Crippen MR) is 111 cm³/mol. The largest absolute Gasteiger partial charge is 0.461 e. The fraction of sp³-hybridized carbons (Fsp3) is 0.421. The van der Waals surface area contributed by atoms with Gasteiger partial charge in [0, 0.05) is 34.5 Å². The van der Waals surface area contributed by atoms with Gasteiger partial charge in [-0.1, -0.05) is 0 Å². The molecule has 7 heteroatoms. The third-order valence-electron chi connectivity index (χ3n) is 4.54. The average molecular weight is 401 g/mol. The highest BCUT2D eigenvalue weighted by atomic mass is 35.5. The molecule has 3 rings (SSSR count). The lowest BCUT2D eigenvalue weighted by Crippen LogP contribution is -2.16. The molecule has 144 valence electrons. The number of halogens is 2. The number of unbranched alkanes of at least 4 members (excludes halogenated alkanes) is 1. The van der Waals surface area contributed by atoms with Crippen LogP contribution >= 0.6 is 24.8 Å². The van der Waals surface area contributed by atoms with Crippen LogP contribution < -0.4 is 16.7 Å². The van der Waals surface area contributed by atoms with Crippen molar-refractivity contribution in [1.29, 1.82) is 0 Å². The van der Waals surface area contributed by atoms with E-state index in [4.69, 9.17) is 14.6 Å². The van der Waals surface area contributed by atoms with Crippen LogP contribution in [0.25, 0.3) is 21.9 Å². The highest BCUT2D eigenvalue weighted by Gasteiger charge is 2.17. The Hall–Kier alpha value is -1.53. The Morgan fingerprint density at radius 3 is 2.38 bits per heavy atom. The maximum absolute atomic E-state index is 11.7. The molecule has 5 nitrogen and oxygen atoms in total. The van der Waals surface area contributed by atoms with E-state index < -0.39 is 0 Å². The lowest BCUT2D eigenvalue weighted by atomic mass is 10.0. The number of benzene rings is 1. The van der Waals surface area contributed by atoms with Crippen LogP contribution in [0.15, 0.2) is 25.8 Å². The van der Waals surface area contributed by atoms with Gasteiger partial charge in [0.1, 0.15) is 16.9 Å². The number of hydrogen-bond acceptors (Lipinski definition) is 5. The number of furan rings is 1. The van der Waals surface area contributed by atoms with Gasteiger partial charge in [0.15, 0.2) is 0 Å². The molecule has 0 unspecified atom stereocenters. The third-order valence-corrected chi connectivity index (χ3v) is 4.54. The van der Waals surface area contributed by atoms with Crippen LogP contribution in [-0.2, 0) is 6.54 Å². The molecule has 0 saturated carbocycles. The zero-order valence-electron chi connectivity index (χ0n) is 15.3.